The second kappa shape index (κ2) is 11.5. The maximum Gasteiger partial charge on any atom is 0.159 e. The minimum Gasteiger partial charge on any atom is -0.455 e. The molecule has 3 heterocycles. The summed E-state index contributed by atoms with van der Waals surface area (Å²) < 4.78 is 16.1. The number of para-hydroxylation sites is 3. The average Bonchev–Trinajstić information content (AvgIpc) is 3.91. The lowest BCUT2D eigenvalue weighted by Crippen LogP contribution is -2.10. The van der Waals surface area contributed by atoms with Gasteiger partial charge in [0.1, 0.15) is 16.7 Å². The predicted molar refractivity (Wildman–Crippen MR) is 219 cm³/mol. The third-order valence-electron chi connectivity index (χ3n) is 10.3. The molecule has 4 heteroatoms. The lowest BCUT2D eigenvalue weighted by Gasteiger charge is -2.26. The van der Waals surface area contributed by atoms with E-state index >= 15 is 0 Å². The lowest BCUT2D eigenvalue weighted by atomic mass is 10.0. The molecule has 3 nitrogen and oxygen atoms in total. The second-order valence-corrected chi connectivity index (χ2v) is 14.3. The Morgan fingerprint density at radius 2 is 0.981 bits per heavy atom. The Bertz CT molecular complexity index is 3120. The first-order chi connectivity index (χ1) is 25.8. The van der Waals surface area contributed by atoms with Crippen LogP contribution in [0.1, 0.15) is 0 Å². The van der Waals surface area contributed by atoms with Crippen LogP contribution in [0, 0.1) is 0 Å². The summed E-state index contributed by atoms with van der Waals surface area (Å²) in [4.78, 5) is 2.37. The Balaban J connectivity index is 1.22. The highest BCUT2D eigenvalue weighted by atomic mass is 32.1. The number of nitrogens with zero attached hydrogens (tertiary/aromatic N) is 1. The normalized spacial score (nSPS) is 11.8. The van der Waals surface area contributed by atoms with E-state index in [4.69, 9.17) is 8.83 Å². The molecule has 0 aliphatic carbocycles. The Hall–Kier alpha value is -6.62. The van der Waals surface area contributed by atoms with Crippen molar-refractivity contribution in [2.75, 3.05) is 4.90 Å². The molecule has 0 N–H and O–H groups in total. The SMILES string of the molecule is c1ccc(-c2ccc(N(c3cccc4c3oc3c(-c5ccccc5)cccc34)c3cccc4sc5ccc6c7ccccc7oc6c5c34)cc2)cc1. The highest BCUT2D eigenvalue weighted by molar-refractivity contribution is 7.26. The molecule has 0 spiro atoms. The number of fused-ring (bicyclic) bond motifs is 10. The molecular formula is C48H29NO2S. The maximum absolute atomic E-state index is 7.02. The maximum atomic E-state index is 7.02. The summed E-state index contributed by atoms with van der Waals surface area (Å²) in [5, 5.41) is 6.74. The number of anilines is 3. The van der Waals surface area contributed by atoms with E-state index in [1.165, 1.54) is 20.5 Å². The van der Waals surface area contributed by atoms with E-state index < -0.39 is 0 Å². The fourth-order valence-electron chi connectivity index (χ4n) is 7.92. The molecular weight excluding hydrogens is 655 g/mol. The molecule has 0 fully saturated rings. The molecule has 0 bridgehead atoms. The fraction of sp³-hybridized carbons (Fsp3) is 0. The number of furan rings is 2. The third kappa shape index (κ3) is 4.38. The van der Waals surface area contributed by atoms with Gasteiger partial charge < -0.3 is 13.7 Å². The van der Waals surface area contributed by atoms with E-state index in [2.05, 4.69) is 175 Å². The van der Waals surface area contributed by atoms with Gasteiger partial charge in [-0.25, -0.2) is 0 Å². The topological polar surface area (TPSA) is 29.5 Å². The van der Waals surface area contributed by atoms with Crippen molar-refractivity contribution < 1.29 is 8.83 Å². The van der Waals surface area contributed by atoms with Crippen LogP contribution < -0.4 is 4.90 Å². The van der Waals surface area contributed by atoms with E-state index in [1.54, 1.807) is 11.3 Å². The molecule has 0 amide bonds. The first kappa shape index (κ1) is 29.1. The van der Waals surface area contributed by atoms with E-state index in [1.807, 2.05) is 6.07 Å². The van der Waals surface area contributed by atoms with Gasteiger partial charge in [0, 0.05) is 53.0 Å². The summed E-state index contributed by atoms with van der Waals surface area (Å²) in [5.41, 5.74) is 11.2. The summed E-state index contributed by atoms with van der Waals surface area (Å²) >= 11 is 1.80. The average molecular weight is 684 g/mol. The highest BCUT2D eigenvalue weighted by Crippen LogP contribution is 2.50. The van der Waals surface area contributed by atoms with Gasteiger partial charge >= 0.3 is 0 Å². The molecule has 244 valence electrons. The minimum atomic E-state index is 0.846. The molecule has 3 aromatic heterocycles. The first-order valence-electron chi connectivity index (χ1n) is 17.5. The standard InChI is InChI=1S/C48H29NO2S/c1-3-12-30(13-4-1)31-24-26-33(27-25-31)49(40-21-10-19-37-36-18-9-17-34(46(36)51-47(37)40)32-14-5-2-6-15-32)39-20-11-23-42-44(39)45-43(52-42)29-28-38-35-16-7-8-22-41(35)50-48(38)45/h1-29H. The van der Waals surface area contributed by atoms with Crippen LogP contribution >= 0.6 is 11.3 Å². The molecule has 0 unspecified atom stereocenters. The van der Waals surface area contributed by atoms with E-state index in [0.29, 0.717) is 0 Å². The summed E-state index contributed by atoms with van der Waals surface area (Å²) in [6, 6.07) is 62.3. The zero-order valence-corrected chi connectivity index (χ0v) is 28.7. The van der Waals surface area contributed by atoms with Gasteiger partial charge in [-0.15, -0.1) is 11.3 Å². The molecule has 0 aliphatic rings. The Morgan fingerprint density at radius 1 is 0.365 bits per heavy atom. The van der Waals surface area contributed by atoms with Crippen LogP contribution in [-0.4, -0.2) is 0 Å². The quantitative estimate of drug-likeness (QED) is 0.181. The van der Waals surface area contributed by atoms with Gasteiger partial charge in [-0.1, -0.05) is 127 Å². The van der Waals surface area contributed by atoms with Crippen LogP contribution in [0.4, 0.5) is 17.1 Å². The van der Waals surface area contributed by atoms with Crippen molar-refractivity contribution in [2.45, 2.75) is 0 Å². The number of benzene rings is 8. The van der Waals surface area contributed by atoms with Crippen molar-refractivity contribution in [1.29, 1.82) is 0 Å². The molecule has 0 aliphatic heterocycles. The van der Waals surface area contributed by atoms with Gasteiger partial charge in [-0.2, -0.15) is 0 Å². The lowest BCUT2D eigenvalue weighted by molar-refractivity contribution is 0.670. The molecule has 52 heavy (non-hydrogen) atoms. The molecule has 0 radical (unpaired) electrons. The second-order valence-electron chi connectivity index (χ2n) is 13.2. The van der Waals surface area contributed by atoms with Crippen LogP contribution in [0.5, 0.6) is 0 Å². The van der Waals surface area contributed by atoms with Gasteiger partial charge in [-0.3, -0.25) is 0 Å². The molecule has 8 aromatic carbocycles. The van der Waals surface area contributed by atoms with Crippen molar-refractivity contribution in [1.82, 2.24) is 0 Å². The summed E-state index contributed by atoms with van der Waals surface area (Å²) in [7, 11) is 0. The van der Waals surface area contributed by atoms with Crippen molar-refractivity contribution in [2.24, 2.45) is 0 Å². The Labute approximate surface area is 303 Å². The van der Waals surface area contributed by atoms with Crippen LogP contribution in [0.2, 0.25) is 0 Å². The summed E-state index contributed by atoms with van der Waals surface area (Å²) in [6.45, 7) is 0. The number of hydrogen-bond donors (Lipinski definition) is 0. The van der Waals surface area contributed by atoms with E-state index in [0.717, 1.165) is 82.8 Å². The number of thiophene rings is 1. The third-order valence-corrected chi connectivity index (χ3v) is 11.4. The van der Waals surface area contributed by atoms with Gasteiger partial charge in [0.05, 0.1) is 11.4 Å². The van der Waals surface area contributed by atoms with Crippen molar-refractivity contribution in [3.63, 3.8) is 0 Å². The van der Waals surface area contributed by atoms with Crippen LogP contribution in [0.25, 0.3) is 86.3 Å². The summed E-state index contributed by atoms with van der Waals surface area (Å²) in [5.74, 6) is 0. The number of hydrogen-bond acceptors (Lipinski definition) is 4. The molecule has 11 rings (SSSR count). The van der Waals surface area contributed by atoms with Crippen LogP contribution in [0.3, 0.4) is 0 Å². The van der Waals surface area contributed by atoms with Gasteiger partial charge in [0.15, 0.2) is 5.58 Å². The van der Waals surface area contributed by atoms with Crippen LogP contribution in [0.15, 0.2) is 185 Å². The highest BCUT2D eigenvalue weighted by Gasteiger charge is 2.25. The Morgan fingerprint density at radius 3 is 1.81 bits per heavy atom. The summed E-state index contributed by atoms with van der Waals surface area (Å²) in [6.07, 6.45) is 0. The smallest absolute Gasteiger partial charge is 0.159 e. The predicted octanol–water partition coefficient (Wildman–Crippen LogP) is 14.7. The van der Waals surface area contributed by atoms with Gasteiger partial charge in [-0.05, 0) is 65.2 Å². The monoisotopic (exact) mass is 683 g/mol. The zero-order chi connectivity index (χ0) is 34.2. The molecule has 0 saturated heterocycles. The minimum absolute atomic E-state index is 0.846. The fourth-order valence-corrected chi connectivity index (χ4v) is 9.05. The number of rotatable bonds is 5. The van der Waals surface area contributed by atoms with Gasteiger partial charge in [0.2, 0.25) is 0 Å². The van der Waals surface area contributed by atoms with E-state index in [-0.39, 0.29) is 0 Å². The van der Waals surface area contributed by atoms with Gasteiger partial charge in [0.25, 0.3) is 0 Å². The van der Waals surface area contributed by atoms with Crippen molar-refractivity contribution in [3.05, 3.63) is 176 Å². The molecule has 0 atom stereocenters. The zero-order valence-electron chi connectivity index (χ0n) is 27.9. The largest absolute Gasteiger partial charge is 0.455 e. The van der Waals surface area contributed by atoms with Crippen LogP contribution in [-0.2, 0) is 0 Å². The molecule has 11 aromatic rings. The Kier molecular flexibility index (Phi) is 6.42. The molecule has 0 saturated carbocycles. The van der Waals surface area contributed by atoms with Crippen molar-refractivity contribution >= 4 is 92.4 Å². The van der Waals surface area contributed by atoms with Crippen molar-refractivity contribution in [3.8, 4) is 22.3 Å². The van der Waals surface area contributed by atoms with E-state index in [9.17, 15) is 0 Å². The first-order valence-corrected chi connectivity index (χ1v) is 18.3.